The van der Waals surface area contributed by atoms with E-state index >= 15 is 0 Å². The van der Waals surface area contributed by atoms with Crippen LogP contribution in [-0.2, 0) is 0 Å². The molecular weight excluding hydrogens is 350 g/mol. The Morgan fingerprint density at radius 3 is 2.25 bits per heavy atom. The fourth-order valence-corrected chi connectivity index (χ4v) is 3.34. The van der Waals surface area contributed by atoms with E-state index in [0.29, 0.717) is 17.3 Å². The Bertz CT molecular complexity index is 1040. The number of carbonyl (C=O) groups excluding carboxylic acids is 1. The first kappa shape index (κ1) is 19.4. The second-order valence-electron chi connectivity index (χ2n) is 7.06. The molecule has 0 fully saturated rings. The molecule has 0 aliphatic rings. The van der Waals surface area contributed by atoms with Gasteiger partial charge in [-0.1, -0.05) is 17.7 Å². The minimum Gasteiger partial charge on any atom is -0.366 e. The predicted octanol–water partition coefficient (Wildman–Crippen LogP) is 4.60. The van der Waals surface area contributed by atoms with E-state index in [9.17, 15) is 4.79 Å². The normalized spacial score (nSPS) is 10.6. The minimum absolute atomic E-state index is 0.432. The lowest BCUT2D eigenvalue weighted by Crippen LogP contribution is -2.14. The van der Waals surface area contributed by atoms with Gasteiger partial charge < -0.3 is 16.4 Å². The third kappa shape index (κ3) is 3.96. The van der Waals surface area contributed by atoms with Crippen LogP contribution in [0, 0.1) is 34.6 Å². The highest BCUT2D eigenvalue weighted by atomic mass is 16.1. The molecule has 1 amide bonds. The number of anilines is 4. The lowest BCUT2D eigenvalue weighted by atomic mass is 10.0. The van der Waals surface area contributed by atoms with Gasteiger partial charge in [-0.2, -0.15) is 4.98 Å². The molecule has 0 aliphatic carbocycles. The van der Waals surface area contributed by atoms with E-state index in [0.717, 1.165) is 22.5 Å². The van der Waals surface area contributed by atoms with Crippen molar-refractivity contribution >= 4 is 29.0 Å². The van der Waals surface area contributed by atoms with Crippen LogP contribution in [0.3, 0.4) is 0 Å². The zero-order valence-corrected chi connectivity index (χ0v) is 16.8. The predicted molar refractivity (Wildman–Crippen MR) is 114 cm³/mol. The number of hydrogen-bond donors (Lipinski definition) is 3. The molecule has 0 saturated heterocycles. The molecule has 0 radical (unpaired) electrons. The van der Waals surface area contributed by atoms with Gasteiger partial charge in [0.05, 0.1) is 0 Å². The molecule has 0 atom stereocenters. The maximum Gasteiger partial charge on any atom is 0.248 e. The molecule has 6 heteroatoms. The Hall–Kier alpha value is -3.41. The third-order valence-corrected chi connectivity index (χ3v) is 4.88. The SMILES string of the molecule is Cc1cc(C)c(Nc2ccnc(Nc3ccc(C(N)=O)c(C)c3C)n2)c(C)c1. The van der Waals surface area contributed by atoms with Crippen LogP contribution in [0.1, 0.15) is 38.2 Å². The van der Waals surface area contributed by atoms with Gasteiger partial charge in [0, 0.05) is 23.1 Å². The van der Waals surface area contributed by atoms with E-state index in [-0.39, 0.29) is 0 Å². The molecule has 1 aromatic heterocycles. The number of nitrogens with two attached hydrogens (primary N) is 1. The number of aromatic nitrogens is 2. The van der Waals surface area contributed by atoms with Crippen molar-refractivity contribution in [1.82, 2.24) is 9.97 Å². The number of hydrogen-bond acceptors (Lipinski definition) is 5. The number of benzene rings is 2. The standard InChI is InChI=1S/C22H25N5O/c1-12-10-13(2)20(14(3)11-12)26-19-8-9-24-22(27-19)25-18-7-6-17(21(23)28)15(4)16(18)5/h6-11H,1-5H3,(H2,23,28)(H2,24,25,26,27). The summed E-state index contributed by atoms with van der Waals surface area (Å²) < 4.78 is 0. The number of nitrogens with zero attached hydrogens (tertiary/aromatic N) is 2. The molecule has 2 aromatic carbocycles. The smallest absolute Gasteiger partial charge is 0.248 e. The Kier molecular flexibility index (Phi) is 5.31. The number of primary amides is 1. The van der Waals surface area contributed by atoms with Gasteiger partial charge in [0.25, 0.3) is 0 Å². The van der Waals surface area contributed by atoms with Gasteiger partial charge >= 0.3 is 0 Å². The molecule has 0 aliphatic heterocycles. The molecule has 144 valence electrons. The van der Waals surface area contributed by atoms with Gasteiger partial charge in [-0.25, -0.2) is 4.98 Å². The summed E-state index contributed by atoms with van der Waals surface area (Å²) in [6.45, 7) is 10.1. The Balaban J connectivity index is 1.87. The maximum atomic E-state index is 11.5. The maximum absolute atomic E-state index is 11.5. The number of aryl methyl sites for hydroxylation is 3. The highest BCUT2D eigenvalue weighted by Gasteiger charge is 2.12. The van der Waals surface area contributed by atoms with Crippen LogP contribution in [0.4, 0.5) is 23.1 Å². The molecule has 0 bridgehead atoms. The first-order valence-corrected chi connectivity index (χ1v) is 9.11. The fraction of sp³-hybridized carbons (Fsp3) is 0.227. The zero-order chi connectivity index (χ0) is 20.4. The van der Waals surface area contributed by atoms with E-state index in [4.69, 9.17) is 5.73 Å². The lowest BCUT2D eigenvalue weighted by Gasteiger charge is -2.15. The average Bonchev–Trinajstić information content (AvgIpc) is 2.62. The number of nitrogens with one attached hydrogen (secondary N) is 2. The van der Waals surface area contributed by atoms with Crippen molar-refractivity contribution in [2.45, 2.75) is 34.6 Å². The molecular formula is C22H25N5O. The van der Waals surface area contributed by atoms with Crippen LogP contribution in [0.25, 0.3) is 0 Å². The van der Waals surface area contributed by atoms with Crippen LogP contribution in [0.5, 0.6) is 0 Å². The second kappa shape index (κ2) is 7.68. The van der Waals surface area contributed by atoms with Crippen molar-refractivity contribution in [1.29, 1.82) is 0 Å². The van der Waals surface area contributed by atoms with Crippen molar-refractivity contribution in [3.8, 4) is 0 Å². The first-order chi connectivity index (χ1) is 13.3. The van der Waals surface area contributed by atoms with E-state index in [2.05, 4.69) is 53.5 Å². The van der Waals surface area contributed by atoms with Gasteiger partial charge in [-0.3, -0.25) is 4.79 Å². The Morgan fingerprint density at radius 1 is 0.929 bits per heavy atom. The third-order valence-electron chi connectivity index (χ3n) is 4.88. The number of carbonyl (C=O) groups is 1. The molecule has 6 nitrogen and oxygen atoms in total. The van der Waals surface area contributed by atoms with Crippen molar-refractivity contribution in [3.63, 3.8) is 0 Å². The molecule has 0 unspecified atom stereocenters. The zero-order valence-electron chi connectivity index (χ0n) is 16.8. The highest BCUT2D eigenvalue weighted by molar-refractivity contribution is 5.95. The monoisotopic (exact) mass is 375 g/mol. The summed E-state index contributed by atoms with van der Waals surface area (Å²) in [5.74, 6) is 0.746. The van der Waals surface area contributed by atoms with E-state index in [1.54, 1.807) is 12.3 Å². The summed E-state index contributed by atoms with van der Waals surface area (Å²) in [5.41, 5.74) is 13.2. The highest BCUT2D eigenvalue weighted by Crippen LogP contribution is 2.27. The van der Waals surface area contributed by atoms with Gasteiger partial charge in [0.2, 0.25) is 11.9 Å². The molecule has 3 rings (SSSR count). The van der Waals surface area contributed by atoms with Crippen LogP contribution in [-0.4, -0.2) is 15.9 Å². The Labute approximate surface area is 165 Å². The van der Waals surface area contributed by atoms with Crippen LogP contribution in [0.15, 0.2) is 36.5 Å². The van der Waals surface area contributed by atoms with Gasteiger partial charge in [0.1, 0.15) is 5.82 Å². The van der Waals surface area contributed by atoms with Gasteiger partial charge in [0.15, 0.2) is 0 Å². The van der Waals surface area contributed by atoms with E-state index in [1.165, 1.54) is 16.7 Å². The van der Waals surface area contributed by atoms with Crippen molar-refractivity contribution < 1.29 is 4.79 Å². The summed E-state index contributed by atoms with van der Waals surface area (Å²) in [7, 11) is 0. The van der Waals surface area contributed by atoms with E-state index < -0.39 is 5.91 Å². The number of amides is 1. The van der Waals surface area contributed by atoms with Crippen LogP contribution < -0.4 is 16.4 Å². The molecule has 1 heterocycles. The fourth-order valence-electron chi connectivity index (χ4n) is 3.34. The summed E-state index contributed by atoms with van der Waals surface area (Å²) in [5, 5.41) is 6.62. The lowest BCUT2D eigenvalue weighted by molar-refractivity contribution is 0.0999. The van der Waals surface area contributed by atoms with Crippen molar-refractivity contribution in [2.24, 2.45) is 5.73 Å². The Morgan fingerprint density at radius 2 is 1.61 bits per heavy atom. The molecule has 28 heavy (non-hydrogen) atoms. The topological polar surface area (TPSA) is 92.9 Å². The molecule has 0 saturated carbocycles. The molecule has 3 aromatic rings. The van der Waals surface area contributed by atoms with Crippen LogP contribution in [0.2, 0.25) is 0 Å². The minimum atomic E-state index is -0.432. The van der Waals surface area contributed by atoms with Gasteiger partial charge in [-0.05, 0) is 75.1 Å². The molecule has 0 spiro atoms. The summed E-state index contributed by atoms with van der Waals surface area (Å²) in [6, 6.07) is 9.65. The summed E-state index contributed by atoms with van der Waals surface area (Å²) in [4.78, 5) is 20.4. The van der Waals surface area contributed by atoms with Gasteiger partial charge in [-0.15, -0.1) is 0 Å². The van der Waals surface area contributed by atoms with E-state index in [1.807, 2.05) is 26.0 Å². The second-order valence-corrected chi connectivity index (χ2v) is 7.06. The van der Waals surface area contributed by atoms with Crippen molar-refractivity contribution in [2.75, 3.05) is 10.6 Å². The number of rotatable bonds is 5. The van der Waals surface area contributed by atoms with Crippen LogP contribution >= 0.6 is 0 Å². The first-order valence-electron chi connectivity index (χ1n) is 9.11. The largest absolute Gasteiger partial charge is 0.366 e. The quantitative estimate of drug-likeness (QED) is 0.606. The van der Waals surface area contributed by atoms with Crippen molar-refractivity contribution in [3.05, 3.63) is 69.9 Å². The summed E-state index contributed by atoms with van der Waals surface area (Å²) >= 11 is 0. The molecule has 4 N–H and O–H groups in total. The summed E-state index contributed by atoms with van der Waals surface area (Å²) in [6.07, 6.45) is 1.70. The average molecular weight is 375 g/mol.